The van der Waals surface area contributed by atoms with Gasteiger partial charge in [0.15, 0.2) is 0 Å². The van der Waals surface area contributed by atoms with E-state index < -0.39 is 0 Å². The van der Waals surface area contributed by atoms with Gasteiger partial charge in [-0.1, -0.05) is 19.8 Å². The van der Waals surface area contributed by atoms with Gasteiger partial charge in [-0.25, -0.2) is 0 Å². The third-order valence-electron chi connectivity index (χ3n) is 6.15. The second-order valence-corrected chi connectivity index (χ2v) is 9.05. The maximum atomic E-state index is 12.8. The number of carbonyl (C=O) groups is 1. The van der Waals surface area contributed by atoms with Crippen LogP contribution in [0.15, 0.2) is 28.9 Å². The van der Waals surface area contributed by atoms with E-state index in [4.69, 9.17) is 4.42 Å². The maximum absolute atomic E-state index is 12.8. The number of piperidine rings is 1. The fourth-order valence-corrected chi connectivity index (χ4v) is 5.58. The van der Waals surface area contributed by atoms with Crippen molar-refractivity contribution in [1.29, 1.82) is 0 Å². The first-order valence-electron chi connectivity index (χ1n) is 10.4. The van der Waals surface area contributed by atoms with Gasteiger partial charge in [0.25, 0.3) is 5.91 Å². The van der Waals surface area contributed by atoms with Crippen molar-refractivity contribution < 1.29 is 9.21 Å². The Morgan fingerprint density at radius 2 is 2.22 bits per heavy atom. The first-order chi connectivity index (χ1) is 13.2. The van der Waals surface area contributed by atoms with Crippen LogP contribution >= 0.6 is 11.3 Å². The number of hydrogen-bond acceptors (Lipinski definition) is 4. The highest BCUT2D eigenvalue weighted by molar-refractivity contribution is 7.14. The summed E-state index contributed by atoms with van der Waals surface area (Å²) in [5, 5.41) is 3.19. The Morgan fingerprint density at radius 3 is 2.96 bits per heavy atom. The zero-order chi connectivity index (χ0) is 18.6. The molecule has 1 fully saturated rings. The van der Waals surface area contributed by atoms with Crippen molar-refractivity contribution in [2.45, 2.75) is 57.9 Å². The standard InChI is InChI=1S/C22H30N2O2S/c1-2-16-8-9-20-17(13-16)14-21(27-20)22(25)23-15-18(19-7-6-12-26-19)24-10-4-3-5-11-24/h6-7,12,14,16,18H,2-5,8-11,13,15H2,1H3,(H,23,25)/t16-,18-/m0/s1. The number of nitrogens with one attached hydrogen (secondary N) is 1. The average Bonchev–Trinajstić information content (AvgIpc) is 3.38. The molecule has 1 aliphatic carbocycles. The molecule has 0 spiro atoms. The summed E-state index contributed by atoms with van der Waals surface area (Å²) in [5.74, 6) is 1.80. The number of aryl methyl sites for hydroxylation is 1. The Labute approximate surface area is 165 Å². The summed E-state index contributed by atoms with van der Waals surface area (Å²) in [4.78, 5) is 17.6. The van der Waals surface area contributed by atoms with Gasteiger partial charge in [-0.3, -0.25) is 9.69 Å². The lowest BCUT2D eigenvalue weighted by atomic mass is 9.87. The Kier molecular flexibility index (Phi) is 5.98. The van der Waals surface area contributed by atoms with Crippen molar-refractivity contribution in [3.8, 4) is 0 Å². The molecule has 3 heterocycles. The zero-order valence-electron chi connectivity index (χ0n) is 16.2. The Morgan fingerprint density at radius 1 is 1.37 bits per heavy atom. The van der Waals surface area contributed by atoms with Crippen molar-refractivity contribution >= 4 is 17.2 Å². The Balaban J connectivity index is 1.42. The van der Waals surface area contributed by atoms with Crippen molar-refractivity contribution in [1.82, 2.24) is 10.2 Å². The first kappa shape index (κ1) is 18.8. The molecule has 0 saturated carbocycles. The molecule has 2 aliphatic rings. The van der Waals surface area contributed by atoms with Crippen molar-refractivity contribution in [2.75, 3.05) is 19.6 Å². The number of furan rings is 1. The van der Waals surface area contributed by atoms with Gasteiger partial charge >= 0.3 is 0 Å². The molecule has 27 heavy (non-hydrogen) atoms. The van der Waals surface area contributed by atoms with E-state index in [2.05, 4.69) is 23.2 Å². The van der Waals surface area contributed by atoms with Crippen LogP contribution in [-0.2, 0) is 12.8 Å². The third kappa shape index (κ3) is 4.30. The molecule has 1 amide bonds. The van der Waals surface area contributed by atoms with Gasteiger partial charge in [0.05, 0.1) is 17.2 Å². The van der Waals surface area contributed by atoms with E-state index in [9.17, 15) is 4.79 Å². The molecular formula is C22H30N2O2S. The number of rotatable bonds is 6. The molecule has 0 unspecified atom stereocenters. The minimum atomic E-state index is 0.0658. The van der Waals surface area contributed by atoms with Crippen LogP contribution in [0.1, 0.15) is 70.9 Å². The third-order valence-corrected chi connectivity index (χ3v) is 7.38. The Bertz CT molecular complexity index is 746. The number of nitrogens with zero attached hydrogens (tertiary/aromatic N) is 1. The van der Waals surface area contributed by atoms with Crippen LogP contribution in [0, 0.1) is 5.92 Å². The van der Waals surface area contributed by atoms with Crippen molar-refractivity contribution in [3.63, 3.8) is 0 Å². The molecule has 0 aromatic carbocycles. The molecule has 1 aliphatic heterocycles. The largest absolute Gasteiger partial charge is 0.468 e. The van der Waals surface area contributed by atoms with Gasteiger partial charge in [-0.05, 0) is 74.9 Å². The SMILES string of the molecule is CC[C@H]1CCc2sc(C(=O)NC[C@@H](c3ccco3)N3CCCCC3)cc2C1. The lowest BCUT2D eigenvalue weighted by molar-refractivity contribution is 0.0918. The molecule has 4 nitrogen and oxygen atoms in total. The number of carbonyl (C=O) groups excluding carboxylic acids is 1. The van der Waals surface area contributed by atoms with Crippen LogP contribution < -0.4 is 5.32 Å². The smallest absolute Gasteiger partial charge is 0.261 e. The van der Waals surface area contributed by atoms with Crippen LogP contribution in [0.2, 0.25) is 0 Å². The van der Waals surface area contributed by atoms with Gasteiger partial charge < -0.3 is 9.73 Å². The highest BCUT2D eigenvalue weighted by atomic mass is 32.1. The number of amides is 1. The van der Waals surface area contributed by atoms with E-state index in [-0.39, 0.29) is 11.9 Å². The van der Waals surface area contributed by atoms with Crippen molar-refractivity contribution in [3.05, 3.63) is 45.5 Å². The summed E-state index contributed by atoms with van der Waals surface area (Å²) in [6.45, 7) is 5.03. The van der Waals surface area contributed by atoms with E-state index in [0.29, 0.717) is 6.54 Å². The molecule has 5 heteroatoms. The lowest BCUT2D eigenvalue weighted by Gasteiger charge is -2.33. The monoisotopic (exact) mass is 386 g/mol. The maximum Gasteiger partial charge on any atom is 0.261 e. The van der Waals surface area contributed by atoms with Crippen LogP contribution in [-0.4, -0.2) is 30.4 Å². The van der Waals surface area contributed by atoms with E-state index in [1.807, 2.05) is 12.1 Å². The topological polar surface area (TPSA) is 45.5 Å². The normalized spacial score (nSPS) is 21.6. The summed E-state index contributed by atoms with van der Waals surface area (Å²) in [7, 11) is 0. The van der Waals surface area contributed by atoms with E-state index in [1.54, 1.807) is 17.6 Å². The molecule has 0 radical (unpaired) electrons. The van der Waals surface area contributed by atoms with Gasteiger partial charge in [-0.15, -0.1) is 11.3 Å². The van der Waals surface area contributed by atoms with E-state index in [1.165, 1.54) is 42.5 Å². The van der Waals surface area contributed by atoms with E-state index in [0.717, 1.165) is 42.5 Å². The molecule has 2 atom stereocenters. The predicted octanol–water partition coefficient (Wildman–Crippen LogP) is 4.81. The van der Waals surface area contributed by atoms with E-state index >= 15 is 0 Å². The zero-order valence-corrected chi connectivity index (χ0v) is 17.0. The van der Waals surface area contributed by atoms with Crippen molar-refractivity contribution in [2.24, 2.45) is 5.92 Å². The quantitative estimate of drug-likeness (QED) is 0.775. The van der Waals surface area contributed by atoms with Gasteiger partial charge in [0.2, 0.25) is 0 Å². The van der Waals surface area contributed by atoms with Crippen LogP contribution in [0.25, 0.3) is 0 Å². The summed E-state index contributed by atoms with van der Waals surface area (Å²) < 4.78 is 5.69. The number of hydrogen-bond donors (Lipinski definition) is 1. The van der Waals surface area contributed by atoms with Gasteiger partial charge in [0.1, 0.15) is 5.76 Å². The first-order valence-corrected chi connectivity index (χ1v) is 11.2. The molecule has 0 bridgehead atoms. The molecule has 4 rings (SSSR count). The minimum Gasteiger partial charge on any atom is -0.468 e. The second kappa shape index (κ2) is 8.61. The molecule has 2 aromatic rings. The van der Waals surface area contributed by atoms with Gasteiger partial charge in [0, 0.05) is 11.4 Å². The molecule has 2 aromatic heterocycles. The summed E-state index contributed by atoms with van der Waals surface area (Å²) in [5.41, 5.74) is 1.40. The minimum absolute atomic E-state index is 0.0658. The van der Waals surface area contributed by atoms with Gasteiger partial charge in [-0.2, -0.15) is 0 Å². The number of fused-ring (bicyclic) bond motifs is 1. The lowest BCUT2D eigenvalue weighted by Crippen LogP contribution is -2.40. The summed E-state index contributed by atoms with van der Waals surface area (Å²) >= 11 is 1.69. The highest BCUT2D eigenvalue weighted by Gasteiger charge is 2.26. The number of thiophene rings is 1. The summed E-state index contributed by atoms with van der Waals surface area (Å²) in [6.07, 6.45) is 10.2. The van der Waals surface area contributed by atoms with Crippen LogP contribution in [0.5, 0.6) is 0 Å². The highest BCUT2D eigenvalue weighted by Crippen LogP contribution is 2.33. The van der Waals surface area contributed by atoms with Crippen LogP contribution in [0.3, 0.4) is 0 Å². The second-order valence-electron chi connectivity index (χ2n) is 7.91. The molecule has 1 N–H and O–H groups in total. The fourth-order valence-electron chi connectivity index (χ4n) is 4.46. The fraction of sp³-hybridized carbons (Fsp3) is 0.591. The average molecular weight is 387 g/mol. The Hall–Kier alpha value is -1.59. The summed E-state index contributed by atoms with van der Waals surface area (Å²) in [6, 6.07) is 6.23. The predicted molar refractivity (Wildman–Crippen MR) is 109 cm³/mol. The molecular weight excluding hydrogens is 356 g/mol. The molecule has 1 saturated heterocycles. The van der Waals surface area contributed by atoms with Crippen LogP contribution in [0.4, 0.5) is 0 Å². The number of likely N-dealkylation sites (tertiary alicyclic amines) is 1. The molecule has 146 valence electrons.